The highest BCUT2D eigenvalue weighted by molar-refractivity contribution is 7.58. The number of carboxylic acids is 1. The van der Waals surface area contributed by atoms with Crippen molar-refractivity contribution in [2.24, 2.45) is 11.7 Å². The van der Waals surface area contributed by atoms with E-state index in [9.17, 15) is 19.0 Å². The van der Waals surface area contributed by atoms with Gasteiger partial charge in [-0.2, -0.15) is 0 Å². The Labute approximate surface area is 154 Å². The molecule has 0 radical (unpaired) electrons. The molecule has 0 heterocycles. The summed E-state index contributed by atoms with van der Waals surface area (Å²) in [5, 5.41) is 11.3. The van der Waals surface area contributed by atoms with Crippen molar-refractivity contribution in [3.8, 4) is 0 Å². The maximum atomic E-state index is 12.5. The van der Waals surface area contributed by atoms with E-state index in [2.05, 4.69) is 19.2 Å². The number of carbonyl (C=O) groups is 2. The normalized spacial score (nSPS) is 17.2. The highest BCUT2D eigenvalue weighted by Gasteiger charge is 2.33. The number of nitrogens with two attached hydrogens (primary N) is 1. The molecule has 26 heavy (non-hydrogen) atoms. The summed E-state index contributed by atoms with van der Waals surface area (Å²) in [6, 6.07) is 6.59. The SMILES string of the molecule is CC(C)c1ccc(C[C@H](CP(=O)(O)[C@H](C)N)C(=O)N[C@@H](C)C(=O)O)cc1. The number of aliphatic carboxylic acids is 1. The number of carbonyl (C=O) groups excluding carboxylic acids is 1. The molecule has 8 heteroatoms. The Morgan fingerprint density at radius 1 is 1.15 bits per heavy atom. The number of amides is 1. The second-order valence-electron chi connectivity index (χ2n) is 7.04. The van der Waals surface area contributed by atoms with E-state index in [0.29, 0.717) is 5.92 Å². The Kier molecular flexibility index (Phi) is 8.00. The second-order valence-corrected chi connectivity index (χ2v) is 9.74. The van der Waals surface area contributed by atoms with Crippen molar-refractivity contribution in [2.45, 2.75) is 51.9 Å². The lowest BCUT2D eigenvalue weighted by atomic mass is 9.96. The lowest BCUT2D eigenvalue weighted by molar-refractivity contribution is -0.141. The van der Waals surface area contributed by atoms with Gasteiger partial charge in [0.2, 0.25) is 13.3 Å². The minimum absolute atomic E-state index is 0.230. The van der Waals surface area contributed by atoms with Gasteiger partial charge in [-0.25, -0.2) is 0 Å². The maximum Gasteiger partial charge on any atom is 0.325 e. The van der Waals surface area contributed by atoms with Crippen LogP contribution in [-0.2, 0) is 20.6 Å². The number of hydrogen-bond donors (Lipinski definition) is 4. The molecule has 7 nitrogen and oxygen atoms in total. The number of carboxylic acid groups (broad SMARTS) is 1. The van der Waals surface area contributed by atoms with Crippen molar-refractivity contribution in [3.63, 3.8) is 0 Å². The molecule has 0 aliphatic heterocycles. The molecule has 5 N–H and O–H groups in total. The van der Waals surface area contributed by atoms with Gasteiger partial charge in [0, 0.05) is 6.16 Å². The van der Waals surface area contributed by atoms with Crippen LogP contribution in [-0.4, -0.2) is 39.9 Å². The fourth-order valence-corrected chi connectivity index (χ4v) is 3.70. The second kappa shape index (κ2) is 9.31. The van der Waals surface area contributed by atoms with Crippen LogP contribution in [0.15, 0.2) is 24.3 Å². The van der Waals surface area contributed by atoms with Gasteiger partial charge in [-0.15, -0.1) is 0 Å². The van der Waals surface area contributed by atoms with Gasteiger partial charge in [0.1, 0.15) is 6.04 Å². The predicted octanol–water partition coefficient (Wildman–Crippen LogP) is 2.13. The lowest BCUT2D eigenvalue weighted by Gasteiger charge is -2.23. The van der Waals surface area contributed by atoms with Gasteiger partial charge in [0.25, 0.3) is 0 Å². The number of nitrogens with one attached hydrogen (secondary N) is 1. The van der Waals surface area contributed by atoms with Crippen molar-refractivity contribution in [1.29, 1.82) is 0 Å². The average molecular weight is 384 g/mol. The molecule has 1 amide bonds. The molecule has 0 fully saturated rings. The van der Waals surface area contributed by atoms with Crippen LogP contribution in [0.4, 0.5) is 0 Å². The molecule has 0 spiro atoms. The zero-order valence-electron chi connectivity index (χ0n) is 15.7. The molecule has 1 rings (SSSR count). The van der Waals surface area contributed by atoms with Gasteiger partial charge in [-0.1, -0.05) is 38.1 Å². The summed E-state index contributed by atoms with van der Waals surface area (Å²) in [5.74, 6) is -3.17. The summed E-state index contributed by atoms with van der Waals surface area (Å²) >= 11 is 0. The standard InChI is InChI=1S/C18H29N2O5P/c1-11(2)15-7-5-14(6-8-15)9-16(10-26(24,25)13(4)19)17(21)20-12(3)18(22)23/h5-8,11-13,16H,9-10,19H2,1-4H3,(H,20,21)(H,22,23)(H,24,25)/t12-,13+,16+/m0/s1. The summed E-state index contributed by atoms with van der Waals surface area (Å²) in [4.78, 5) is 33.5. The Bertz CT molecular complexity index is 673. The summed E-state index contributed by atoms with van der Waals surface area (Å²) in [7, 11) is -3.73. The van der Waals surface area contributed by atoms with Crippen LogP contribution in [0.1, 0.15) is 44.7 Å². The highest BCUT2D eigenvalue weighted by atomic mass is 31.2. The average Bonchev–Trinajstić information content (AvgIpc) is 2.54. The van der Waals surface area contributed by atoms with Gasteiger partial charge in [0.15, 0.2) is 0 Å². The van der Waals surface area contributed by atoms with E-state index in [0.717, 1.165) is 11.1 Å². The van der Waals surface area contributed by atoms with E-state index in [1.165, 1.54) is 13.8 Å². The Morgan fingerprint density at radius 2 is 1.69 bits per heavy atom. The molecule has 1 aromatic rings. The van der Waals surface area contributed by atoms with Crippen LogP contribution < -0.4 is 11.1 Å². The molecule has 1 unspecified atom stereocenters. The molecule has 1 aromatic carbocycles. The Morgan fingerprint density at radius 3 is 2.12 bits per heavy atom. The van der Waals surface area contributed by atoms with Crippen LogP contribution in [0.2, 0.25) is 0 Å². The first kappa shape index (κ1) is 22.4. The van der Waals surface area contributed by atoms with Crippen molar-refractivity contribution < 1.29 is 24.2 Å². The van der Waals surface area contributed by atoms with E-state index in [1.807, 2.05) is 24.3 Å². The quantitative estimate of drug-likeness (QED) is 0.483. The minimum Gasteiger partial charge on any atom is -0.480 e. The fourth-order valence-electron chi connectivity index (χ4n) is 2.44. The van der Waals surface area contributed by atoms with Gasteiger partial charge in [-0.05, 0) is 37.3 Å². The molecule has 0 aliphatic rings. The Hall–Kier alpha value is -1.69. The van der Waals surface area contributed by atoms with Crippen molar-refractivity contribution in [2.75, 3.05) is 6.16 Å². The van der Waals surface area contributed by atoms with E-state index < -0.39 is 37.0 Å². The highest BCUT2D eigenvalue weighted by Crippen LogP contribution is 2.45. The molecule has 0 aromatic heterocycles. The lowest BCUT2D eigenvalue weighted by Crippen LogP contribution is -2.43. The van der Waals surface area contributed by atoms with Crippen LogP contribution >= 0.6 is 7.37 Å². The zero-order valence-corrected chi connectivity index (χ0v) is 16.6. The molecule has 0 saturated carbocycles. The molecule has 0 saturated heterocycles. The monoisotopic (exact) mass is 384 g/mol. The molecule has 0 bridgehead atoms. The van der Waals surface area contributed by atoms with Crippen molar-refractivity contribution in [1.82, 2.24) is 5.32 Å². The molecule has 0 aliphatic carbocycles. The number of rotatable bonds is 9. The van der Waals surface area contributed by atoms with Crippen LogP contribution in [0.5, 0.6) is 0 Å². The van der Waals surface area contributed by atoms with Gasteiger partial charge in [0.05, 0.1) is 11.7 Å². The molecule has 4 atom stereocenters. The van der Waals surface area contributed by atoms with Gasteiger partial charge in [-0.3, -0.25) is 14.2 Å². The third-order valence-electron chi connectivity index (χ3n) is 4.35. The van der Waals surface area contributed by atoms with Crippen molar-refractivity contribution >= 4 is 19.2 Å². The minimum atomic E-state index is -3.73. The first-order chi connectivity index (χ1) is 11.9. The van der Waals surface area contributed by atoms with Crippen LogP contribution in [0.25, 0.3) is 0 Å². The summed E-state index contributed by atoms with van der Waals surface area (Å²) in [5.41, 5.74) is 7.56. The summed E-state index contributed by atoms with van der Waals surface area (Å²) in [6.07, 6.45) is -0.0669. The van der Waals surface area contributed by atoms with Crippen LogP contribution in [0.3, 0.4) is 0 Å². The Balaban J connectivity index is 3.01. The smallest absolute Gasteiger partial charge is 0.325 e. The third kappa shape index (κ3) is 6.56. The molecular weight excluding hydrogens is 355 g/mol. The summed E-state index contributed by atoms with van der Waals surface area (Å²) in [6.45, 7) is 6.91. The van der Waals surface area contributed by atoms with Crippen LogP contribution in [0, 0.1) is 5.92 Å². The van der Waals surface area contributed by atoms with Gasteiger partial charge >= 0.3 is 5.97 Å². The number of benzene rings is 1. The van der Waals surface area contributed by atoms with E-state index >= 15 is 0 Å². The van der Waals surface area contributed by atoms with E-state index in [-0.39, 0.29) is 12.6 Å². The number of hydrogen-bond acceptors (Lipinski definition) is 4. The first-order valence-corrected chi connectivity index (χ1v) is 10.5. The third-order valence-corrected chi connectivity index (χ3v) is 6.58. The largest absolute Gasteiger partial charge is 0.480 e. The van der Waals surface area contributed by atoms with E-state index in [4.69, 9.17) is 10.8 Å². The predicted molar refractivity (Wildman–Crippen MR) is 101 cm³/mol. The fraction of sp³-hybridized carbons (Fsp3) is 0.556. The van der Waals surface area contributed by atoms with Gasteiger partial charge < -0.3 is 21.1 Å². The summed E-state index contributed by atoms with van der Waals surface area (Å²) < 4.78 is 12.3. The maximum absolute atomic E-state index is 12.5. The molecular formula is C18H29N2O5P. The molecule has 146 valence electrons. The topological polar surface area (TPSA) is 130 Å². The zero-order chi connectivity index (χ0) is 20.1. The van der Waals surface area contributed by atoms with Crippen molar-refractivity contribution in [3.05, 3.63) is 35.4 Å². The first-order valence-electron chi connectivity index (χ1n) is 8.63. The van der Waals surface area contributed by atoms with E-state index in [1.54, 1.807) is 0 Å².